The number of aromatic nitrogens is 4. The third kappa shape index (κ3) is 7.50. The first-order chi connectivity index (χ1) is 26.0. The van der Waals surface area contributed by atoms with Gasteiger partial charge in [0.25, 0.3) is 5.91 Å². The first-order valence-corrected chi connectivity index (χ1v) is 18.2. The second kappa shape index (κ2) is 16.4. The van der Waals surface area contributed by atoms with Crippen LogP contribution < -0.4 is 10.6 Å². The van der Waals surface area contributed by atoms with Crippen LogP contribution >= 0.6 is 8.25 Å². The average molecular weight is 732 g/mol. The third-order valence-electron chi connectivity index (χ3n) is 9.02. The first kappa shape index (κ1) is 35.8. The minimum atomic E-state index is -3.24. The summed E-state index contributed by atoms with van der Waals surface area (Å²) in [6, 6.07) is 40.2. The molecule has 14 heteroatoms. The number of anilines is 1. The number of alkyl halides is 1. The van der Waals surface area contributed by atoms with Gasteiger partial charge in [-0.25, -0.2) is 19.3 Å². The van der Waals surface area contributed by atoms with Gasteiger partial charge in [-0.05, 0) is 28.8 Å². The molecule has 268 valence electrons. The zero-order valence-corrected chi connectivity index (χ0v) is 29.3. The summed E-state index contributed by atoms with van der Waals surface area (Å²) in [5, 5.41) is 15.4. The summed E-state index contributed by atoms with van der Waals surface area (Å²) in [4.78, 5) is 25.9. The Morgan fingerprint density at radius 3 is 2.06 bits per heavy atom. The van der Waals surface area contributed by atoms with Crippen LogP contribution in [-0.4, -0.2) is 57.0 Å². The minimum absolute atomic E-state index is 0.00871. The number of carbonyl (C=O) groups excluding carboxylic acids is 1. The van der Waals surface area contributed by atoms with Crippen LogP contribution in [0.15, 0.2) is 134 Å². The molecule has 53 heavy (non-hydrogen) atoms. The van der Waals surface area contributed by atoms with Crippen LogP contribution in [0.5, 0.6) is 0 Å². The molecule has 12 nitrogen and oxygen atoms in total. The summed E-state index contributed by atoms with van der Waals surface area (Å²) in [5.74, 6) is -0.267. The van der Waals surface area contributed by atoms with Gasteiger partial charge in [0.15, 0.2) is 29.4 Å². The molecule has 0 spiro atoms. The number of halogens is 1. The number of hydrogen-bond donors (Lipinski definition) is 2. The summed E-state index contributed by atoms with van der Waals surface area (Å²) in [6.45, 7) is -0.0987. The largest absolute Gasteiger partial charge is 0.347 e. The summed E-state index contributed by atoms with van der Waals surface area (Å²) >= 11 is 0. The van der Waals surface area contributed by atoms with Gasteiger partial charge in [-0.15, -0.1) is 0 Å². The van der Waals surface area contributed by atoms with Crippen LogP contribution in [0.1, 0.15) is 39.7 Å². The van der Waals surface area contributed by atoms with Crippen molar-refractivity contribution in [3.8, 4) is 6.07 Å². The lowest BCUT2D eigenvalue weighted by Crippen LogP contribution is -2.49. The van der Waals surface area contributed by atoms with Crippen LogP contribution in [0.3, 0.4) is 0 Å². The number of ether oxygens (including phenoxy) is 1. The van der Waals surface area contributed by atoms with E-state index in [9.17, 15) is 9.36 Å². The Morgan fingerprint density at radius 2 is 1.47 bits per heavy atom. The summed E-state index contributed by atoms with van der Waals surface area (Å²) in [7, 11) is -3.24. The molecule has 1 aliphatic rings. The lowest BCUT2D eigenvalue weighted by atomic mass is 9.77. The molecular formula is C39H35FN7O5P. The molecule has 1 unspecified atom stereocenters. The van der Waals surface area contributed by atoms with E-state index in [-0.39, 0.29) is 36.6 Å². The summed E-state index contributed by atoms with van der Waals surface area (Å²) in [6.07, 6.45) is -2.97. The molecule has 0 radical (unpaired) electrons. The van der Waals surface area contributed by atoms with Crippen molar-refractivity contribution < 1.29 is 27.5 Å². The Kier molecular flexibility index (Phi) is 11.1. The van der Waals surface area contributed by atoms with Crippen LogP contribution in [-0.2, 0) is 23.9 Å². The standard InChI is InChI=1S/C39H35FN7O5P/c40-32-34(52-53(49)50-23-13-22-41)31(24-45-39(28-16-7-2-8-17-28,29-18-9-3-10-19-29)30-20-11-4-12-21-30)51-38(32)47-26-44-33-35(42-25-43-36(33)47)46-37(48)27-14-5-1-6-15-27/h1-12,14-21,25-26,31-32,34,38,45,53H,13,23-24H2,(H,42,43,46,48)/t31-,32-,34-,38+/m1/s1. The third-order valence-corrected chi connectivity index (χ3v) is 9.93. The van der Waals surface area contributed by atoms with Crippen molar-refractivity contribution in [3.05, 3.63) is 156 Å². The smallest absolute Gasteiger partial charge is 0.319 e. The Morgan fingerprint density at radius 1 is 0.887 bits per heavy atom. The number of rotatable bonds is 14. The minimum Gasteiger partial charge on any atom is -0.347 e. The van der Waals surface area contributed by atoms with E-state index in [0.717, 1.165) is 16.7 Å². The zero-order valence-electron chi connectivity index (χ0n) is 28.3. The van der Waals surface area contributed by atoms with E-state index in [1.165, 1.54) is 17.2 Å². The van der Waals surface area contributed by atoms with Crippen LogP contribution in [0.4, 0.5) is 10.2 Å². The molecule has 2 N–H and O–H groups in total. The highest BCUT2D eigenvalue weighted by atomic mass is 31.1. The number of imidazole rings is 1. The fourth-order valence-electron chi connectivity index (χ4n) is 6.57. The van der Waals surface area contributed by atoms with Crippen molar-refractivity contribution in [2.24, 2.45) is 0 Å². The van der Waals surface area contributed by atoms with Gasteiger partial charge < -0.3 is 19.1 Å². The number of fused-ring (bicyclic) bond motifs is 1. The van der Waals surface area contributed by atoms with Crippen molar-refractivity contribution >= 4 is 31.1 Å². The number of hydrogen-bond acceptors (Lipinski definition) is 10. The zero-order chi connectivity index (χ0) is 36.6. The van der Waals surface area contributed by atoms with Crippen LogP contribution in [0.2, 0.25) is 0 Å². The highest BCUT2D eigenvalue weighted by Gasteiger charge is 2.49. The highest BCUT2D eigenvalue weighted by molar-refractivity contribution is 7.33. The SMILES string of the molecule is N#CCCO[PH](=O)O[C@H]1[C@@H](F)[C@@H](n2cnc3c(NC(=O)c4ccccc4)ncnc32)O[C@@H]1CNC(c1ccccc1)(c1ccccc1)c1ccccc1. The molecule has 1 aliphatic heterocycles. The molecule has 6 aromatic rings. The molecule has 0 bridgehead atoms. The molecule has 1 fully saturated rings. The van der Waals surface area contributed by atoms with Crippen molar-refractivity contribution in [1.82, 2.24) is 24.8 Å². The Bertz CT molecular complexity index is 2110. The molecule has 7 rings (SSSR count). The average Bonchev–Trinajstić information content (AvgIpc) is 3.77. The molecule has 3 heterocycles. The van der Waals surface area contributed by atoms with Crippen LogP contribution in [0, 0.1) is 11.3 Å². The lowest BCUT2D eigenvalue weighted by molar-refractivity contribution is -0.0220. The monoisotopic (exact) mass is 731 g/mol. The van der Waals surface area contributed by atoms with E-state index in [1.807, 2.05) is 97.1 Å². The number of nitriles is 1. The number of nitrogens with one attached hydrogen (secondary N) is 2. The molecule has 4 aromatic carbocycles. The first-order valence-electron chi connectivity index (χ1n) is 16.9. The van der Waals surface area contributed by atoms with Crippen molar-refractivity contribution in [1.29, 1.82) is 5.26 Å². The molecule has 1 saturated heterocycles. The van der Waals surface area contributed by atoms with Crippen molar-refractivity contribution in [3.63, 3.8) is 0 Å². The lowest BCUT2D eigenvalue weighted by Gasteiger charge is -2.38. The Balaban J connectivity index is 1.23. The fraction of sp³-hybridized carbons (Fsp3) is 0.205. The van der Waals surface area contributed by atoms with Gasteiger partial charge >= 0.3 is 8.25 Å². The van der Waals surface area contributed by atoms with E-state index in [2.05, 4.69) is 25.6 Å². The molecule has 0 saturated carbocycles. The molecule has 5 atom stereocenters. The van der Waals surface area contributed by atoms with Crippen molar-refractivity contribution in [2.45, 2.75) is 36.6 Å². The quantitative estimate of drug-likeness (QED) is 0.0712. The van der Waals surface area contributed by atoms with Gasteiger partial charge in [0.2, 0.25) is 0 Å². The Labute approximate surface area is 305 Å². The van der Waals surface area contributed by atoms with Crippen molar-refractivity contribution in [2.75, 3.05) is 18.5 Å². The van der Waals surface area contributed by atoms with Gasteiger partial charge in [0.05, 0.1) is 31.0 Å². The maximum Gasteiger partial charge on any atom is 0.319 e. The predicted molar refractivity (Wildman–Crippen MR) is 196 cm³/mol. The normalized spacial score (nSPS) is 19.1. The van der Waals surface area contributed by atoms with Crippen LogP contribution in [0.25, 0.3) is 11.2 Å². The molecule has 2 aromatic heterocycles. The number of amides is 1. The van der Waals surface area contributed by atoms with E-state index in [4.69, 9.17) is 19.0 Å². The van der Waals surface area contributed by atoms with E-state index < -0.39 is 44.3 Å². The Hall–Kier alpha value is -5.61. The van der Waals surface area contributed by atoms with Gasteiger partial charge in [0.1, 0.15) is 18.5 Å². The maximum atomic E-state index is 16.8. The predicted octanol–water partition coefficient (Wildman–Crippen LogP) is 6.60. The highest BCUT2D eigenvalue weighted by Crippen LogP contribution is 2.42. The number of benzene rings is 4. The summed E-state index contributed by atoms with van der Waals surface area (Å²) < 4.78 is 48.7. The molecule has 1 amide bonds. The summed E-state index contributed by atoms with van der Waals surface area (Å²) in [5.41, 5.74) is 2.70. The van der Waals surface area contributed by atoms with Gasteiger partial charge in [-0.3, -0.25) is 19.2 Å². The van der Waals surface area contributed by atoms with E-state index in [1.54, 1.807) is 30.3 Å². The van der Waals surface area contributed by atoms with Gasteiger partial charge in [-0.2, -0.15) is 5.26 Å². The number of nitrogens with zero attached hydrogens (tertiary/aromatic N) is 5. The second-order valence-corrected chi connectivity index (χ2v) is 13.2. The molecule has 0 aliphatic carbocycles. The second-order valence-electron chi connectivity index (χ2n) is 12.2. The van der Waals surface area contributed by atoms with Gasteiger partial charge in [-0.1, -0.05) is 109 Å². The topological polar surface area (TPSA) is 153 Å². The van der Waals surface area contributed by atoms with E-state index in [0.29, 0.717) is 5.56 Å². The maximum absolute atomic E-state index is 16.8. The molecular weight excluding hydrogens is 696 g/mol. The van der Waals surface area contributed by atoms with E-state index >= 15 is 4.39 Å². The fourth-order valence-corrected chi connectivity index (χ4v) is 7.41. The number of carbonyl (C=O) groups is 1. The van der Waals surface area contributed by atoms with Gasteiger partial charge in [0, 0.05) is 12.1 Å².